The summed E-state index contributed by atoms with van der Waals surface area (Å²) in [6, 6.07) is 10.6. The number of hydrogen-bond acceptors (Lipinski definition) is 8. The van der Waals surface area contributed by atoms with Crippen molar-refractivity contribution in [3.8, 4) is 17.5 Å². The predicted molar refractivity (Wildman–Crippen MR) is 129 cm³/mol. The first-order chi connectivity index (χ1) is 15.7. The van der Waals surface area contributed by atoms with Gasteiger partial charge >= 0.3 is 0 Å². The zero-order valence-electron chi connectivity index (χ0n) is 18.2. The Morgan fingerprint density at radius 2 is 2.00 bits per heavy atom. The Balaban J connectivity index is 1.36. The molecule has 1 aliphatic carbocycles. The van der Waals surface area contributed by atoms with Gasteiger partial charge in [-0.15, -0.1) is 0 Å². The third-order valence-corrected chi connectivity index (χ3v) is 7.47. The van der Waals surface area contributed by atoms with Crippen LogP contribution in [0.2, 0.25) is 0 Å². The molecule has 32 heavy (non-hydrogen) atoms. The molecule has 2 aliphatic rings. The molecule has 8 nitrogen and oxygen atoms in total. The topological polar surface area (TPSA) is 93.3 Å². The number of anilines is 2. The lowest BCUT2D eigenvalue weighted by atomic mass is 9.86. The fourth-order valence-electron chi connectivity index (χ4n) is 4.46. The third kappa shape index (κ3) is 3.76. The summed E-state index contributed by atoms with van der Waals surface area (Å²) in [5.41, 5.74) is 8.48. The van der Waals surface area contributed by atoms with E-state index in [9.17, 15) is 0 Å². The smallest absolute Gasteiger partial charge is 0.112 e. The number of hydrogen-bond donors (Lipinski definition) is 3. The summed E-state index contributed by atoms with van der Waals surface area (Å²) >= 11 is 1.75. The molecule has 0 bridgehead atoms. The SMILES string of the molecule is CNc1cc(-c2ccc3cc(C#N)cnn23)ncc1N1NC=C(C2CCC(NC)CC2)S1. The molecule has 0 amide bonds. The summed E-state index contributed by atoms with van der Waals surface area (Å²) < 4.78 is 3.89. The summed E-state index contributed by atoms with van der Waals surface area (Å²) in [5, 5.41) is 20.2. The van der Waals surface area contributed by atoms with Crippen molar-refractivity contribution in [2.75, 3.05) is 23.8 Å². The van der Waals surface area contributed by atoms with Gasteiger partial charge in [-0.1, -0.05) is 0 Å². The van der Waals surface area contributed by atoms with Gasteiger partial charge < -0.3 is 10.6 Å². The minimum absolute atomic E-state index is 0.543. The average molecular weight is 447 g/mol. The van der Waals surface area contributed by atoms with Gasteiger partial charge in [0.05, 0.1) is 40.5 Å². The van der Waals surface area contributed by atoms with Crippen LogP contribution in [-0.2, 0) is 0 Å². The van der Waals surface area contributed by atoms with Crippen LogP contribution in [0.15, 0.2) is 47.8 Å². The molecule has 0 spiro atoms. The number of pyridine rings is 1. The van der Waals surface area contributed by atoms with Crippen molar-refractivity contribution in [2.45, 2.75) is 31.7 Å². The lowest BCUT2D eigenvalue weighted by Gasteiger charge is -2.28. The van der Waals surface area contributed by atoms with Gasteiger partial charge in [0.1, 0.15) is 11.8 Å². The van der Waals surface area contributed by atoms with Gasteiger partial charge in [0.25, 0.3) is 0 Å². The molecule has 164 valence electrons. The molecular weight excluding hydrogens is 420 g/mol. The molecule has 0 saturated heterocycles. The van der Waals surface area contributed by atoms with E-state index in [1.165, 1.54) is 30.6 Å². The minimum Gasteiger partial charge on any atom is -0.386 e. The maximum atomic E-state index is 9.11. The maximum Gasteiger partial charge on any atom is 0.112 e. The second kappa shape index (κ2) is 8.73. The van der Waals surface area contributed by atoms with Crippen LogP contribution in [0.4, 0.5) is 11.4 Å². The van der Waals surface area contributed by atoms with Gasteiger partial charge in [0, 0.05) is 36.1 Å². The van der Waals surface area contributed by atoms with E-state index in [0.717, 1.165) is 28.3 Å². The Kier molecular flexibility index (Phi) is 5.64. The van der Waals surface area contributed by atoms with Crippen LogP contribution in [0.25, 0.3) is 16.9 Å². The number of fused-ring (bicyclic) bond motifs is 1. The van der Waals surface area contributed by atoms with Crippen molar-refractivity contribution in [3.63, 3.8) is 0 Å². The van der Waals surface area contributed by atoms with E-state index >= 15 is 0 Å². The lowest BCUT2D eigenvalue weighted by Crippen LogP contribution is -2.30. The van der Waals surface area contributed by atoms with E-state index in [0.29, 0.717) is 17.5 Å². The Morgan fingerprint density at radius 1 is 1.16 bits per heavy atom. The number of nitrogens with one attached hydrogen (secondary N) is 3. The number of aromatic nitrogens is 3. The molecule has 1 fully saturated rings. The first-order valence-electron chi connectivity index (χ1n) is 10.9. The quantitative estimate of drug-likeness (QED) is 0.508. The zero-order chi connectivity index (χ0) is 22.1. The Morgan fingerprint density at radius 3 is 2.75 bits per heavy atom. The van der Waals surface area contributed by atoms with Crippen molar-refractivity contribution < 1.29 is 0 Å². The maximum absolute atomic E-state index is 9.11. The highest BCUT2D eigenvalue weighted by atomic mass is 32.2. The molecular formula is C23H26N8S. The standard InChI is InChI=1S/C23H26N8S/c1-25-17-5-3-16(4-6-17)23-14-29-31(32-23)22-13-27-20(10-19(22)26-2)21-8-7-18-9-15(11-24)12-28-30(18)21/h7-10,12-14,16-17,25,29H,3-6H2,1-2H3,(H,26,27). The van der Waals surface area contributed by atoms with E-state index in [-0.39, 0.29) is 0 Å². The first kappa shape index (κ1) is 20.7. The van der Waals surface area contributed by atoms with Crippen molar-refractivity contribution in [3.05, 3.63) is 53.3 Å². The summed E-state index contributed by atoms with van der Waals surface area (Å²) in [7, 11) is 3.98. The molecule has 0 aromatic carbocycles. The van der Waals surface area contributed by atoms with E-state index in [2.05, 4.69) is 44.9 Å². The van der Waals surface area contributed by atoms with Crippen LogP contribution in [0.1, 0.15) is 31.2 Å². The number of nitrogens with zero attached hydrogens (tertiary/aromatic N) is 5. The summed E-state index contributed by atoms with van der Waals surface area (Å²) in [4.78, 5) is 6.12. The summed E-state index contributed by atoms with van der Waals surface area (Å²) in [6.07, 6.45) is 10.5. The number of rotatable bonds is 5. The molecule has 0 atom stereocenters. The van der Waals surface area contributed by atoms with Gasteiger partial charge in [-0.05, 0) is 62.9 Å². The molecule has 5 rings (SSSR count). The van der Waals surface area contributed by atoms with Crippen LogP contribution >= 0.6 is 11.9 Å². The third-order valence-electron chi connectivity index (χ3n) is 6.32. The van der Waals surface area contributed by atoms with Crippen molar-refractivity contribution in [1.29, 1.82) is 5.26 Å². The highest BCUT2D eigenvalue weighted by molar-refractivity contribution is 8.04. The second-order valence-electron chi connectivity index (χ2n) is 8.15. The Hall–Kier alpha value is -3.22. The van der Waals surface area contributed by atoms with E-state index < -0.39 is 0 Å². The van der Waals surface area contributed by atoms with Crippen LogP contribution in [0, 0.1) is 17.2 Å². The van der Waals surface area contributed by atoms with Gasteiger partial charge in [-0.25, -0.2) is 8.93 Å². The fourth-order valence-corrected chi connectivity index (χ4v) is 5.51. The van der Waals surface area contributed by atoms with Crippen molar-refractivity contribution in [2.24, 2.45) is 5.92 Å². The lowest BCUT2D eigenvalue weighted by molar-refractivity contribution is 0.339. The van der Waals surface area contributed by atoms with E-state index in [4.69, 9.17) is 10.2 Å². The van der Waals surface area contributed by atoms with Gasteiger partial charge in [-0.3, -0.25) is 10.4 Å². The van der Waals surface area contributed by atoms with Crippen molar-refractivity contribution in [1.82, 2.24) is 25.3 Å². The first-order valence-corrected chi connectivity index (χ1v) is 11.6. The van der Waals surface area contributed by atoms with Gasteiger partial charge in [-0.2, -0.15) is 10.4 Å². The molecule has 1 saturated carbocycles. The van der Waals surface area contributed by atoms with Crippen LogP contribution in [0.5, 0.6) is 0 Å². The summed E-state index contributed by atoms with van der Waals surface area (Å²) in [5.74, 6) is 0.615. The minimum atomic E-state index is 0.543. The van der Waals surface area contributed by atoms with Gasteiger partial charge in [0.2, 0.25) is 0 Å². The monoisotopic (exact) mass is 446 g/mol. The van der Waals surface area contributed by atoms with Gasteiger partial charge in [0.15, 0.2) is 0 Å². The Labute approximate surface area is 191 Å². The van der Waals surface area contributed by atoms with E-state index in [1.54, 1.807) is 18.1 Å². The number of allylic oxidation sites excluding steroid dienone is 1. The van der Waals surface area contributed by atoms with Crippen molar-refractivity contribution >= 4 is 28.8 Å². The van der Waals surface area contributed by atoms with Crippen LogP contribution in [0.3, 0.4) is 0 Å². The molecule has 0 radical (unpaired) electrons. The molecule has 4 heterocycles. The van der Waals surface area contributed by atoms with Crippen LogP contribution < -0.4 is 20.5 Å². The fraction of sp³-hybridized carbons (Fsp3) is 0.348. The highest BCUT2D eigenvalue weighted by Crippen LogP contribution is 2.42. The zero-order valence-corrected chi connectivity index (χ0v) is 19.0. The Bertz CT molecular complexity index is 1200. The molecule has 3 aromatic heterocycles. The van der Waals surface area contributed by atoms with E-state index in [1.807, 2.05) is 42.0 Å². The molecule has 0 unspecified atom stereocenters. The normalized spacial score (nSPS) is 20.7. The van der Waals surface area contributed by atoms with Crippen LogP contribution in [-0.4, -0.2) is 34.7 Å². The number of nitriles is 1. The average Bonchev–Trinajstić information content (AvgIpc) is 3.51. The molecule has 3 aromatic rings. The highest BCUT2D eigenvalue weighted by Gasteiger charge is 2.28. The summed E-state index contributed by atoms with van der Waals surface area (Å²) in [6.45, 7) is 0. The second-order valence-corrected chi connectivity index (χ2v) is 9.17. The molecule has 9 heteroatoms. The molecule has 3 N–H and O–H groups in total. The molecule has 1 aliphatic heterocycles. The number of hydrazine groups is 1. The largest absolute Gasteiger partial charge is 0.386 e. The predicted octanol–water partition coefficient (Wildman–Crippen LogP) is 3.90.